The standard InChI is InChI=1S/C19H18F3N3O.4C18H15P.C14H12F6N2O4S.C6H6N.CH4.BrH.Pd.Zn/c1-13-3-2-10-23-17(13)14-8-11-25(12-9-14)18(26)24-16-6-4-15(5-7-16)19(20,21)22;4*1-4-10-16(11-5-1)19(17-12-6-2-7-13-17)18-14-8-3-9-15-18;15-13(16,17)9-1-3-10(4-2-9)21-12(23)22-7-5-11(6-8-22)26-27(24,25)14(18,19)20;1-6-3-2-4-7-5-6;;;;/h2-8,10H,9,11-12H2,1H3,(H,24,26);4*1-15H;1-5H,6-8H2,(H,21,23);2-4H,1H3;1H4;1H;;/q;;;;;;-1;;;;+2/p-1. The van der Waals surface area contributed by atoms with E-state index in [1.54, 1.807) is 17.3 Å². The largest absolute Gasteiger partial charge is 0.0622 e. The number of urea groups is 2. The van der Waals surface area contributed by atoms with Crippen molar-refractivity contribution >= 4 is 148 Å². The predicted molar refractivity (Wildman–Crippen MR) is 558 cm³/mol. The zero-order chi connectivity index (χ0) is 98.0. The monoisotopic (exact) mass is 2180 g/mol. The van der Waals surface area contributed by atoms with Crippen molar-refractivity contribution in [3.05, 3.63) is 501 Å². The maximum absolute atomic E-state index is 12.6. The van der Waals surface area contributed by atoms with Crippen LogP contribution in [-0.4, -0.2) is 71.9 Å². The Morgan fingerprint density at radius 3 is 0.800 bits per heavy atom. The normalized spacial score (nSPS) is 12.0. The quantitative estimate of drug-likeness (QED) is 0.0232. The molecule has 0 fully saturated rings. The van der Waals surface area contributed by atoms with Crippen LogP contribution in [0.15, 0.2) is 467 Å². The van der Waals surface area contributed by atoms with E-state index in [-0.39, 0.29) is 59.1 Å². The van der Waals surface area contributed by atoms with Crippen molar-refractivity contribution in [3.63, 3.8) is 0 Å². The van der Waals surface area contributed by atoms with Crippen molar-refractivity contribution in [2.45, 2.75) is 52.0 Å². The van der Waals surface area contributed by atoms with Gasteiger partial charge in [-0.2, -0.15) is 60.1 Å². The van der Waals surface area contributed by atoms with Crippen molar-refractivity contribution in [1.82, 2.24) is 19.8 Å². The number of amides is 4. The van der Waals surface area contributed by atoms with Gasteiger partial charge in [-0.15, -0.1) is 5.56 Å². The number of aryl methyl sites for hydroxylation is 2. The number of benzene rings is 14. The summed E-state index contributed by atoms with van der Waals surface area (Å²) in [6.07, 6.45) is 0.690. The SMILES string of the molecule is C.Cc1[c-]nccc1.Cc1cccnc1C1=CCN(C(=O)Nc2ccc(C(F)(F)F)cc2)CC1.O=C(Nc1ccc(C(F)(F)F)cc1)N1CC=C(OS(=O)(=O)C(F)(F)F)CC1.[Pd].[Zn+][Br].c1ccc(P(c2ccccc2)c2ccccc2)cc1.c1ccc(P(c2ccccc2)c2ccccc2)cc1.c1ccc(P(c2ccccc2)c2ccccc2)cc1.c1ccc(P(c2ccccc2)c2ccccc2)cc1. The summed E-state index contributed by atoms with van der Waals surface area (Å²) < 4.78 is 138. The molecule has 14 aromatic carbocycles. The third-order valence-electron chi connectivity index (χ3n) is 20.6. The molecule has 0 atom stereocenters. The van der Waals surface area contributed by atoms with E-state index in [2.05, 4.69) is 409 Å². The van der Waals surface area contributed by atoms with Crippen LogP contribution in [0.2, 0.25) is 0 Å². The molecule has 18 rings (SSSR count). The Morgan fingerprint density at radius 1 is 0.357 bits per heavy atom. The minimum absolute atomic E-state index is 0. The van der Waals surface area contributed by atoms with Crippen LogP contribution >= 0.6 is 45.3 Å². The first-order chi connectivity index (χ1) is 66.8. The summed E-state index contributed by atoms with van der Waals surface area (Å²) >= 11 is 4.25. The molecule has 140 heavy (non-hydrogen) atoms. The molecular weight excluding hydrogens is 2090 g/mol. The van der Waals surface area contributed by atoms with Gasteiger partial charge in [-0.1, -0.05) is 403 Å². The minimum atomic E-state index is -5.78. The Labute approximate surface area is 849 Å². The van der Waals surface area contributed by atoms with Gasteiger partial charge in [-0.3, -0.25) is 4.98 Å². The molecule has 28 heteroatoms. The van der Waals surface area contributed by atoms with Crippen molar-refractivity contribution in [1.29, 1.82) is 0 Å². The molecule has 4 amide bonds. The zero-order valence-electron chi connectivity index (χ0n) is 75.5. The van der Waals surface area contributed by atoms with Gasteiger partial charge in [0.25, 0.3) is 0 Å². The number of pyridine rings is 2. The molecule has 11 nitrogen and oxygen atoms in total. The number of rotatable bonds is 17. The molecule has 4 heterocycles. The Balaban J connectivity index is 0.000000185. The molecule has 2 aliphatic heterocycles. The number of aromatic nitrogens is 2. The summed E-state index contributed by atoms with van der Waals surface area (Å²) in [6.45, 7) is 4.52. The van der Waals surface area contributed by atoms with Crippen LogP contribution in [-0.2, 0) is 63.4 Å². The number of hydrogen-bond donors (Lipinski definition) is 2. The van der Waals surface area contributed by atoms with Crippen LogP contribution in [0.5, 0.6) is 0 Å². The second-order valence-electron chi connectivity index (χ2n) is 30.3. The van der Waals surface area contributed by atoms with Crippen LogP contribution in [0, 0.1) is 20.0 Å². The first-order valence-electron chi connectivity index (χ1n) is 43.5. The number of carbonyl (C=O) groups is 2. The van der Waals surface area contributed by atoms with Crippen molar-refractivity contribution < 1.29 is 98.5 Å². The smallest absolute Gasteiger partial charge is 0.0134 e. The summed E-state index contributed by atoms with van der Waals surface area (Å²) in [5.41, 5.74) is -2.58. The van der Waals surface area contributed by atoms with Gasteiger partial charge in [0.2, 0.25) is 0 Å². The third kappa shape index (κ3) is 35.1. The molecule has 0 saturated carbocycles. The zero-order valence-corrected chi connectivity index (χ0v) is 86.0. The van der Waals surface area contributed by atoms with Crippen LogP contribution in [0.4, 0.5) is 60.5 Å². The Kier molecular flexibility index (Phi) is 46.0. The second kappa shape index (κ2) is 57.7. The van der Waals surface area contributed by atoms with E-state index < -0.39 is 82.6 Å². The average Bonchev–Trinajstić information content (AvgIpc) is 0.853. The summed E-state index contributed by atoms with van der Waals surface area (Å²) in [5.74, 6) is -0.453. The number of nitrogens with zero attached hydrogens (tertiary/aromatic N) is 4. The third-order valence-corrected chi connectivity index (χ3v) is 31.4. The van der Waals surface area contributed by atoms with Crippen molar-refractivity contribution in [3.8, 4) is 0 Å². The summed E-state index contributed by atoms with van der Waals surface area (Å²) in [4.78, 5) is 35.2. The molecule has 0 saturated heterocycles. The molecule has 2 aromatic heterocycles. The number of carbonyl (C=O) groups excluding carboxylic acids is 2. The second-order valence-corrected chi connectivity index (χ2v) is 40.7. The van der Waals surface area contributed by atoms with Crippen LogP contribution in [0.3, 0.4) is 0 Å². The average molecular weight is 2190 g/mol. The molecule has 0 aliphatic carbocycles. The number of nitrogens with one attached hydrogen (secondary N) is 2. The fraction of sp³-hybridized carbons (Fsp3) is 0.107. The van der Waals surface area contributed by atoms with Crippen LogP contribution in [0.25, 0.3) is 5.57 Å². The molecule has 0 unspecified atom stereocenters. The fourth-order valence-electron chi connectivity index (χ4n) is 14.0. The van der Waals surface area contributed by atoms with E-state index in [9.17, 15) is 57.5 Å². The van der Waals surface area contributed by atoms with Crippen molar-refractivity contribution in [2.24, 2.45) is 0 Å². The molecule has 0 bridgehead atoms. The number of halogens is 10. The van der Waals surface area contributed by atoms with E-state index in [0.29, 0.717) is 25.2 Å². The molecule has 0 radical (unpaired) electrons. The molecule has 16 aromatic rings. The number of hydrogen-bond acceptors (Lipinski definition) is 7. The Bertz CT molecular complexity index is 5650. The van der Waals surface area contributed by atoms with E-state index in [1.807, 2.05) is 44.2 Å². The summed E-state index contributed by atoms with van der Waals surface area (Å²) in [7, 11) is -7.56. The minimum Gasteiger partial charge on any atom is -0.0622 e. The van der Waals surface area contributed by atoms with Gasteiger partial charge in [0.15, 0.2) is 0 Å². The maximum atomic E-state index is 12.6. The first-order valence-corrected chi connectivity index (χ1v) is 57.2. The summed E-state index contributed by atoms with van der Waals surface area (Å²) in [6, 6.07) is 144. The van der Waals surface area contributed by atoms with E-state index in [4.69, 9.17) is 0 Å². The number of anilines is 2. The molecule has 0 spiro atoms. The molecule has 2 N–H and O–H groups in total. The van der Waals surface area contributed by atoms with Gasteiger partial charge in [-0.05, 0) is 180 Å². The topological polar surface area (TPSA) is 134 Å². The van der Waals surface area contributed by atoms with Crippen LogP contribution < -0.4 is 74.3 Å². The van der Waals surface area contributed by atoms with Gasteiger partial charge in [-0.25, -0.2) is 9.59 Å². The van der Waals surface area contributed by atoms with E-state index in [0.717, 1.165) is 69.8 Å². The molecule has 2 aliphatic rings. The Morgan fingerprint density at radius 2 is 0.607 bits per heavy atom. The van der Waals surface area contributed by atoms with Crippen molar-refractivity contribution in [2.75, 3.05) is 36.8 Å². The molecule has 716 valence electrons. The fourth-order valence-corrected chi connectivity index (χ4v) is 23.7. The Hall–Kier alpha value is -12.0. The maximum Gasteiger partial charge on any atom is -0.0134 e. The van der Waals surface area contributed by atoms with Gasteiger partial charge in [0.05, 0.1) is 16.8 Å². The van der Waals surface area contributed by atoms with Gasteiger partial charge in [0, 0.05) is 70.6 Å². The number of alkyl halides is 9. The predicted octanol–water partition coefficient (Wildman–Crippen LogP) is 24.9. The molecular formula is C112H100BrF9N6O5P4PdSZn. The van der Waals surface area contributed by atoms with Gasteiger partial charge < -0.3 is 29.6 Å². The van der Waals surface area contributed by atoms with E-state index >= 15 is 0 Å². The van der Waals surface area contributed by atoms with Gasteiger partial charge in [0.1, 0.15) is 5.76 Å². The van der Waals surface area contributed by atoms with Gasteiger partial charge >= 0.3 is 70.0 Å². The summed E-state index contributed by atoms with van der Waals surface area (Å²) in [5, 5.41) is 21.7. The first kappa shape index (κ1) is 112. The van der Waals surface area contributed by atoms with Crippen LogP contribution in [0.1, 0.15) is 48.2 Å². The van der Waals surface area contributed by atoms with E-state index in [1.165, 1.54) is 92.1 Å².